The van der Waals surface area contributed by atoms with Crippen molar-refractivity contribution in [2.24, 2.45) is 0 Å². The van der Waals surface area contributed by atoms with Crippen molar-refractivity contribution in [3.63, 3.8) is 0 Å². The summed E-state index contributed by atoms with van der Waals surface area (Å²) in [6.45, 7) is 6.89. The number of anilines is 1. The van der Waals surface area contributed by atoms with Gasteiger partial charge in [0.2, 0.25) is 5.79 Å². The molecular formula is C36H39Cl2N7O4. The number of aromatic nitrogens is 6. The van der Waals surface area contributed by atoms with E-state index in [2.05, 4.69) is 51.3 Å². The molecule has 2 fully saturated rings. The fourth-order valence-corrected chi connectivity index (χ4v) is 7.12. The van der Waals surface area contributed by atoms with Gasteiger partial charge in [0.1, 0.15) is 44.0 Å². The largest absolute Gasteiger partial charge is 0.491 e. The van der Waals surface area contributed by atoms with Gasteiger partial charge in [-0.2, -0.15) is 10.2 Å². The Labute approximate surface area is 294 Å². The van der Waals surface area contributed by atoms with Gasteiger partial charge < -0.3 is 19.1 Å². The number of rotatable bonds is 11. The SMILES string of the molecule is CCC(C)n1ncn(-c2ccc(N3CCC(c4ccc(OC[C@H]5CO[C@](Cn6cncn6)(c6ccc(Cl)cc6Cl)O5)cc4)CC3)cc2)c1=O. The van der Waals surface area contributed by atoms with Gasteiger partial charge in [-0.3, -0.25) is 0 Å². The van der Waals surface area contributed by atoms with Crippen molar-refractivity contribution < 1.29 is 14.2 Å². The van der Waals surface area contributed by atoms with Gasteiger partial charge in [0.15, 0.2) is 0 Å². The minimum absolute atomic E-state index is 0.0691. The van der Waals surface area contributed by atoms with E-state index in [0.29, 0.717) is 34.7 Å². The third-order valence-electron chi connectivity index (χ3n) is 9.51. The Morgan fingerprint density at radius 2 is 1.73 bits per heavy atom. The summed E-state index contributed by atoms with van der Waals surface area (Å²) in [6.07, 6.45) is 7.32. The fourth-order valence-electron chi connectivity index (χ4n) is 6.57. The summed E-state index contributed by atoms with van der Waals surface area (Å²) in [7, 11) is 0. The summed E-state index contributed by atoms with van der Waals surface area (Å²) in [6, 6.07) is 21.9. The molecule has 2 saturated heterocycles. The minimum Gasteiger partial charge on any atom is -0.491 e. The van der Waals surface area contributed by atoms with Crippen molar-refractivity contribution >= 4 is 28.9 Å². The van der Waals surface area contributed by atoms with Crippen LogP contribution in [0.1, 0.15) is 56.2 Å². The summed E-state index contributed by atoms with van der Waals surface area (Å²) >= 11 is 12.7. The summed E-state index contributed by atoms with van der Waals surface area (Å²) < 4.78 is 23.7. The molecule has 2 aliphatic heterocycles. The van der Waals surface area contributed by atoms with E-state index in [1.165, 1.54) is 11.9 Å². The number of piperidine rings is 1. The lowest BCUT2D eigenvalue weighted by Gasteiger charge is -2.34. The number of nitrogens with zero attached hydrogens (tertiary/aromatic N) is 7. The van der Waals surface area contributed by atoms with Gasteiger partial charge in [-0.25, -0.2) is 23.7 Å². The molecule has 2 aromatic heterocycles. The fraction of sp³-hybridized carbons (Fsp3) is 0.389. The molecule has 1 unspecified atom stereocenters. The van der Waals surface area contributed by atoms with Crippen LogP contribution < -0.4 is 15.3 Å². The first-order valence-corrected chi connectivity index (χ1v) is 17.4. The highest BCUT2D eigenvalue weighted by molar-refractivity contribution is 6.35. The number of hydrogen-bond donors (Lipinski definition) is 0. The average Bonchev–Trinajstić information content (AvgIpc) is 3.88. The molecule has 0 saturated carbocycles. The standard InChI is InChI=1S/C36H39Cl2N7O4/c1-3-25(2)45-35(46)44(24-41-45)30-9-7-29(8-10-30)42-16-14-27(15-17-42)26-4-11-31(12-5-26)47-19-32-20-48-36(49-32,21-43-23-39-22-40-43)33-13-6-28(37)18-34(33)38/h4-13,18,22-25,27,32H,3,14-17,19-21H2,1-2H3/t25?,32-,36-/m0/s1. The lowest BCUT2D eigenvalue weighted by atomic mass is 9.89. The first-order valence-electron chi connectivity index (χ1n) is 16.7. The maximum Gasteiger partial charge on any atom is 0.350 e. The van der Waals surface area contributed by atoms with E-state index in [4.69, 9.17) is 37.4 Å². The lowest BCUT2D eigenvalue weighted by Crippen LogP contribution is -2.35. The normalized spacial score (nSPS) is 20.5. The van der Waals surface area contributed by atoms with E-state index < -0.39 is 5.79 Å². The topological polar surface area (TPSA) is 101 Å². The highest BCUT2D eigenvalue weighted by atomic mass is 35.5. The molecule has 3 atom stereocenters. The van der Waals surface area contributed by atoms with Crippen molar-refractivity contribution in [2.75, 3.05) is 31.2 Å². The van der Waals surface area contributed by atoms with E-state index >= 15 is 0 Å². The lowest BCUT2D eigenvalue weighted by molar-refractivity contribution is -0.190. The van der Waals surface area contributed by atoms with Gasteiger partial charge in [-0.1, -0.05) is 48.3 Å². The zero-order chi connectivity index (χ0) is 34.0. The minimum atomic E-state index is -1.15. The Hall–Kier alpha value is -4.16. The molecule has 0 spiro atoms. The molecule has 0 bridgehead atoms. The highest BCUT2D eigenvalue weighted by Crippen LogP contribution is 2.40. The molecule has 256 valence electrons. The van der Waals surface area contributed by atoms with E-state index in [9.17, 15) is 4.79 Å². The Bertz CT molecular complexity index is 1910. The van der Waals surface area contributed by atoms with E-state index in [-0.39, 0.29) is 24.4 Å². The van der Waals surface area contributed by atoms with Gasteiger partial charge >= 0.3 is 5.69 Å². The molecule has 3 aromatic carbocycles. The predicted octanol–water partition coefficient (Wildman–Crippen LogP) is 6.63. The Kier molecular flexibility index (Phi) is 9.77. The average molecular weight is 705 g/mol. The van der Waals surface area contributed by atoms with Crippen LogP contribution in [-0.2, 0) is 21.8 Å². The molecule has 7 rings (SSSR count). The van der Waals surface area contributed by atoms with E-state index in [1.807, 2.05) is 37.3 Å². The van der Waals surface area contributed by atoms with Gasteiger partial charge in [0.25, 0.3) is 0 Å². The second-order valence-electron chi connectivity index (χ2n) is 12.7. The van der Waals surface area contributed by atoms with Crippen LogP contribution in [0, 0.1) is 0 Å². The molecule has 2 aliphatic rings. The monoisotopic (exact) mass is 703 g/mol. The molecule has 4 heterocycles. The zero-order valence-corrected chi connectivity index (χ0v) is 29.0. The van der Waals surface area contributed by atoms with Crippen LogP contribution in [0.4, 0.5) is 5.69 Å². The van der Waals surface area contributed by atoms with Crippen LogP contribution in [0.15, 0.2) is 90.5 Å². The van der Waals surface area contributed by atoms with Crippen molar-refractivity contribution in [3.8, 4) is 11.4 Å². The van der Waals surface area contributed by atoms with Crippen molar-refractivity contribution in [3.05, 3.63) is 117 Å². The van der Waals surface area contributed by atoms with Crippen LogP contribution in [0.2, 0.25) is 10.0 Å². The Morgan fingerprint density at radius 1 is 0.980 bits per heavy atom. The summed E-state index contributed by atoms with van der Waals surface area (Å²) in [5.41, 5.74) is 3.86. The predicted molar refractivity (Wildman–Crippen MR) is 188 cm³/mol. The zero-order valence-electron chi connectivity index (χ0n) is 27.5. The maximum absolute atomic E-state index is 12.8. The molecular weight excluding hydrogens is 665 g/mol. The summed E-state index contributed by atoms with van der Waals surface area (Å²) in [5, 5.41) is 9.52. The highest BCUT2D eigenvalue weighted by Gasteiger charge is 2.45. The first kappa shape index (κ1) is 33.3. The number of ether oxygens (including phenoxy) is 3. The molecule has 13 heteroatoms. The molecule has 0 N–H and O–H groups in total. The molecule has 11 nitrogen and oxygen atoms in total. The number of halogens is 2. The Morgan fingerprint density at radius 3 is 2.43 bits per heavy atom. The van der Waals surface area contributed by atoms with Gasteiger partial charge in [-0.05, 0) is 86.2 Å². The van der Waals surface area contributed by atoms with Crippen LogP contribution in [0.3, 0.4) is 0 Å². The van der Waals surface area contributed by atoms with E-state index in [1.54, 1.807) is 38.7 Å². The summed E-state index contributed by atoms with van der Waals surface area (Å²) in [5.74, 6) is 0.0978. The molecule has 49 heavy (non-hydrogen) atoms. The van der Waals surface area contributed by atoms with Crippen LogP contribution >= 0.6 is 23.2 Å². The van der Waals surface area contributed by atoms with Crippen LogP contribution in [0.5, 0.6) is 5.75 Å². The molecule has 0 aliphatic carbocycles. The first-order chi connectivity index (χ1) is 23.8. The number of benzene rings is 3. The second kappa shape index (κ2) is 14.4. The quantitative estimate of drug-likeness (QED) is 0.151. The molecule has 5 aromatic rings. The smallest absolute Gasteiger partial charge is 0.350 e. The third-order valence-corrected chi connectivity index (χ3v) is 10.1. The van der Waals surface area contributed by atoms with Gasteiger partial charge in [-0.15, -0.1) is 0 Å². The van der Waals surface area contributed by atoms with E-state index in [0.717, 1.165) is 49.5 Å². The third kappa shape index (κ3) is 7.12. The molecule has 0 radical (unpaired) electrons. The van der Waals surface area contributed by atoms with Gasteiger partial charge in [0.05, 0.1) is 23.4 Å². The van der Waals surface area contributed by atoms with Gasteiger partial charge in [0, 0.05) is 29.4 Å². The number of hydrogen-bond acceptors (Lipinski definition) is 8. The van der Waals surface area contributed by atoms with Crippen LogP contribution in [0.25, 0.3) is 5.69 Å². The summed E-state index contributed by atoms with van der Waals surface area (Å²) in [4.78, 5) is 19.3. The molecule has 0 amide bonds. The van der Waals surface area contributed by atoms with Crippen molar-refractivity contribution in [2.45, 2.75) is 63.5 Å². The van der Waals surface area contributed by atoms with Crippen molar-refractivity contribution in [1.82, 2.24) is 29.1 Å². The maximum atomic E-state index is 12.8. The van der Waals surface area contributed by atoms with Crippen LogP contribution in [-0.4, -0.2) is 61.5 Å². The van der Waals surface area contributed by atoms with Crippen molar-refractivity contribution in [1.29, 1.82) is 0 Å². The Balaban J connectivity index is 0.925. The second-order valence-corrected chi connectivity index (χ2v) is 13.5.